The highest BCUT2D eigenvalue weighted by atomic mass is 32.1. The van der Waals surface area contributed by atoms with Crippen LogP contribution in [0.25, 0.3) is 53.2 Å². The fraction of sp³-hybridized carbons (Fsp3) is 0.0189. The van der Waals surface area contributed by atoms with E-state index in [1.54, 1.807) is 0 Å². The molecule has 1 aliphatic rings. The number of rotatable bonds is 6. The molecule has 258 valence electrons. The van der Waals surface area contributed by atoms with Crippen LogP contribution in [0, 0.1) is 0 Å². The molecule has 10 aromatic rings. The second-order valence-corrected chi connectivity index (χ2v) is 15.5. The smallest absolute Gasteiger partial charge is 0.0714 e. The van der Waals surface area contributed by atoms with Crippen LogP contribution in [0.1, 0.15) is 22.3 Å². The molecule has 1 heterocycles. The van der Waals surface area contributed by atoms with Crippen LogP contribution >= 0.6 is 11.3 Å². The van der Waals surface area contributed by atoms with E-state index in [0.717, 1.165) is 17.1 Å². The molecule has 0 saturated carbocycles. The van der Waals surface area contributed by atoms with Crippen molar-refractivity contribution in [3.63, 3.8) is 0 Å². The Bertz CT molecular complexity index is 3020. The molecular formula is C53H35NS. The van der Waals surface area contributed by atoms with Gasteiger partial charge in [-0.2, -0.15) is 0 Å². The average Bonchev–Trinajstić information content (AvgIpc) is 3.79. The van der Waals surface area contributed by atoms with Gasteiger partial charge in [0.1, 0.15) is 0 Å². The second kappa shape index (κ2) is 12.7. The lowest BCUT2D eigenvalue weighted by Crippen LogP contribution is -2.28. The second-order valence-electron chi connectivity index (χ2n) is 14.5. The summed E-state index contributed by atoms with van der Waals surface area (Å²) in [5.74, 6) is 0. The Morgan fingerprint density at radius 2 is 0.982 bits per heavy atom. The van der Waals surface area contributed by atoms with E-state index in [1.807, 2.05) is 11.3 Å². The number of para-hydroxylation sites is 1. The van der Waals surface area contributed by atoms with Gasteiger partial charge in [-0.25, -0.2) is 0 Å². The summed E-state index contributed by atoms with van der Waals surface area (Å²) in [5.41, 5.74) is 13.2. The van der Waals surface area contributed by atoms with Crippen molar-refractivity contribution in [1.82, 2.24) is 0 Å². The lowest BCUT2D eigenvalue weighted by Gasteiger charge is -2.34. The third-order valence-corrected chi connectivity index (χ3v) is 12.7. The maximum Gasteiger partial charge on any atom is 0.0714 e. The summed E-state index contributed by atoms with van der Waals surface area (Å²) in [4.78, 5) is 2.36. The summed E-state index contributed by atoms with van der Waals surface area (Å²) < 4.78 is 2.69. The number of thiophene rings is 1. The molecule has 1 aromatic heterocycles. The monoisotopic (exact) mass is 717 g/mol. The number of anilines is 3. The molecule has 0 radical (unpaired) electrons. The molecule has 0 saturated heterocycles. The number of benzene rings is 9. The summed E-state index contributed by atoms with van der Waals surface area (Å²) in [7, 11) is 0. The Labute approximate surface area is 325 Å². The summed E-state index contributed by atoms with van der Waals surface area (Å²) in [5, 5.41) is 5.17. The number of fused-ring (bicyclic) bond motifs is 8. The molecule has 0 N–H and O–H groups in total. The van der Waals surface area contributed by atoms with E-state index < -0.39 is 5.41 Å². The van der Waals surface area contributed by atoms with Crippen molar-refractivity contribution in [1.29, 1.82) is 0 Å². The van der Waals surface area contributed by atoms with Gasteiger partial charge in [0.15, 0.2) is 0 Å². The van der Waals surface area contributed by atoms with E-state index in [9.17, 15) is 0 Å². The molecule has 55 heavy (non-hydrogen) atoms. The Balaban J connectivity index is 1.07. The first-order chi connectivity index (χ1) is 27.3. The first-order valence-electron chi connectivity index (χ1n) is 18.9. The Morgan fingerprint density at radius 3 is 1.78 bits per heavy atom. The minimum atomic E-state index is -0.477. The SMILES string of the molecule is c1ccc(N(c2ccc(-c3ccc4ccccc4c3)cc2)c2ccc(C3(c4ccccc4)c4ccccc4-c4c3ccc3c4sc4ccccc43)cc2)cc1. The van der Waals surface area contributed by atoms with E-state index in [-0.39, 0.29) is 0 Å². The lowest BCUT2D eigenvalue weighted by atomic mass is 9.67. The minimum absolute atomic E-state index is 0.477. The van der Waals surface area contributed by atoms with E-state index in [2.05, 4.69) is 217 Å². The topological polar surface area (TPSA) is 3.24 Å². The van der Waals surface area contributed by atoms with E-state index in [1.165, 1.54) is 75.5 Å². The van der Waals surface area contributed by atoms with Gasteiger partial charge in [-0.15, -0.1) is 11.3 Å². The Hall–Kier alpha value is -6.74. The van der Waals surface area contributed by atoms with Gasteiger partial charge in [0.2, 0.25) is 0 Å². The summed E-state index contributed by atoms with van der Waals surface area (Å²) >= 11 is 1.92. The van der Waals surface area contributed by atoms with E-state index in [0.29, 0.717) is 0 Å². The zero-order valence-corrected chi connectivity index (χ0v) is 30.9. The predicted molar refractivity (Wildman–Crippen MR) is 234 cm³/mol. The third-order valence-electron chi connectivity index (χ3n) is 11.5. The van der Waals surface area contributed by atoms with Gasteiger partial charge in [0.05, 0.1) is 5.41 Å². The van der Waals surface area contributed by atoms with Crippen molar-refractivity contribution < 1.29 is 0 Å². The minimum Gasteiger partial charge on any atom is -0.311 e. The van der Waals surface area contributed by atoms with Crippen LogP contribution in [0.4, 0.5) is 17.1 Å². The highest BCUT2D eigenvalue weighted by Gasteiger charge is 2.47. The predicted octanol–water partition coefficient (Wildman–Crippen LogP) is 14.7. The van der Waals surface area contributed by atoms with Gasteiger partial charge in [-0.3, -0.25) is 0 Å². The fourth-order valence-electron chi connectivity index (χ4n) is 9.08. The summed E-state index contributed by atoms with van der Waals surface area (Å²) in [6, 6.07) is 78.1. The standard InChI is InChI=1S/C53H35NS/c1-3-15-40(16-4-1)53(48-21-11-9-20-47(48)51-49(53)34-33-46-45-19-10-12-22-50(45)55-52(46)51)41-27-31-44(32-28-41)54(42-17-5-2-6-18-42)43-29-25-37(26-30-43)39-24-23-36-13-7-8-14-38(36)35-39/h1-35H. The van der Waals surface area contributed by atoms with E-state index >= 15 is 0 Å². The van der Waals surface area contributed by atoms with Crippen molar-refractivity contribution in [3.8, 4) is 22.3 Å². The first kappa shape index (κ1) is 31.8. The maximum absolute atomic E-state index is 2.41. The largest absolute Gasteiger partial charge is 0.311 e. The highest BCUT2D eigenvalue weighted by Crippen LogP contribution is 2.59. The van der Waals surface area contributed by atoms with Crippen LogP contribution in [-0.2, 0) is 5.41 Å². The molecule has 0 aliphatic heterocycles. The normalized spacial score (nSPS) is 14.6. The summed E-state index contributed by atoms with van der Waals surface area (Å²) in [6.07, 6.45) is 0. The zero-order valence-electron chi connectivity index (χ0n) is 30.1. The van der Waals surface area contributed by atoms with Crippen molar-refractivity contribution in [2.24, 2.45) is 0 Å². The highest BCUT2D eigenvalue weighted by molar-refractivity contribution is 7.26. The molecule has 1 nitrogen and oxygen atoms in total. The maximum atomic E-state index is 2.41. The van der Waals surface area contributed by atoms with Crippen LogP contribution in [-0.4, -0.2) is 0 Å². The van der Waals surface area contributed by atoms with Crippen LogP contribution in [0.5, 0.6) is 0 Å². The third kappa shape index (κ3) is 4.92. The lowest BCUT2D eigenvalue weighted by molar-refractivity contribution is 0.769. The molecule has 2 heteroatoms. The van der Waals surface area contributed by atoms with Gasteiger partial charge in [-0.1, -0.05) is 164 Å². The molecule has 0 fully saturated rings. The molecule has 0 bridgehead atoms. The average molecular weight is 718 g/mol. The van der Waals surface area contributed by atoms with Gasteiger partial charge in [-0.05, 0) is 98.2 Å². The Morgan fingerprint density at radius 1 is 0.382 bits per heavy atom. The van der Waals surface area contributed by atoms with Crippen molar-refractivity contribution in [2.45, 2.75) is 5.41 Å². The first-order valence-corrected chi connectivity index (χ1v) is 19.7. The van der Waals surface area contributed by atoms with Crippen LogP contribution in [0.3, 0.4) is 0 Å². The van der Waals surface area contributed by atoms with E-state index in [4.69, 9.17) is 0 Å². The van der Waals surface area contributed by atoms with Crippen LogP contribution in [0.15, 0.2) is 212 Å². The molecular weight excluding hydrogens is 683 g/mol. The molecule has 0 spiro atoms. The zero-order chi connectivity index (χ0) is 36.3. The van der Waals surface area contributed by atoms with Gasteiger partial charge in [0.25, 0.3) is 0 Å². The molecule has 1 atom stereocenters. The van der Waals surface area contributed by atoms with Crippen LogP contribution < -0.4 is 4.90 Å². The van der Waals surface area contributed by atoms with Gasteiger partial charge >= 0.3 is 0 Å². The Kier molecular flexibility index (Phi) is 7.33. The quantitative estimate of drug-likeness (QED) is 0.166. The number of hydrogen-bond acceptors (Lipinski definition) is 2. The fourth-order valence-corrected chi connectivity index (χ4v) is 10.3. The molecule has 11 rings (SSSR count). The summed E-state index contributed by atoms with van der Waals surface area (Å²) in [6.45, 7) is 0. The van der Waals surface area contributed by atoms with Gasteiger partial charge < -0.3 is 4.90 Å². The number of hydrogen-bond donors (Lipinski definition) is 0. The van der Waals surface area contributed by atoms with Crippen LogP contribution in [0.2, 0.25) is 0 Å². The van der Waals surface area contributed by atoms with Crippen molar-refractivity contribution in [3.05, 3.63) is 235 Å². The molecule has 0 amide bonds. The van der Waals surface area contributed by atoms with Crippen molar-refractivity contribution in [2.75, 3.05) is 4.90 Å². The number of nitrogens with zero attached hydrogens (tertiary/aromatic N) is 1. The molecule has 9 aromatic carbocycles. The van der Waals surface area contributed by atoms with Gasteiger partial charge in [0, 0.05) is 42.8 Å². The molecule has 1 aliphatic carbocycles. The molecule has 1 unspecified atom stereocenters. The van der Waals surface area contributed by atoms with Crippen molar-refractivity contribution >= 4 is 59.3 Å².